The number of carbonyl (C=O) groups excluding carboxylic acids is 1. The van der Waals surface area contributed by atoms with Crippen LogP contribution in [0.25, 0.3) is 0 Å². The SMILES string of the molecule is Cc1ccc(C(N)C(=O)N2CCN(Cc3nc(C)c(C)o3)CC2)cc1.Cl.Cl. The number of nitrogens with zero attached hydrogens (tertiary/aromatic N) is 3. The topological polar surface area (TPSA) is 75.6 Å². The lowest BCUT2D eigenvalue weighted by Crippen LogP contribution is -2.50. The van der Waals surface area contributed by atoms with Crippen molar-refractivity contribution in [2.24, 2.45) is 5.73 Å². The van der Waals surface area contributed by atoms with E-state index in [4.69, 9.17) is 10.2 Å². The van der Waals surface area contributed by atoms with Gasteiger partial charge in [0.25, 0.3) is 0 Å². The molecule has 1 aromatic carbocycles. The lowest BCUT2D eigenvalue weighted by molar-refractivity contribution is -0.134. The number of rotatable bonds is 4. The van der Waals surface area contributed by atoms with Crippen molar-refractivity contribution in [1.29, 1.82) is 0 Å². The number of halogens is 2. The van der Waals surface area contributed by atoms with Crippen molar-refractivity contribution in [2.45, 2.75) is 33.4 Å². The molecule has 1 aliphatic heterocycles. The van der Waals surface area contributed by atoms with E-state index in [0.29, 0.717) is 19.6 Å². The average Bonchev–Trinajstić information content (AvgIpc) is 2.92. The molecule has 1 aliphatic rings. The van der Waals surface area contributed by atoms with Crippen LogP contribution in [0.5, 0.6) is 0 Å². The largest absolute Gasteiger partial charge is 0.444 e. The third kappa shape index (κ3) is 5.69. The number of aromatic nitrogens is 1. The van der Waals surface area contributed by atoms with Crippen molar-refractivity contribution in [2.75, 3.05) is 26.2 Å². The van der Waals surface area contributed by atoms with E-state index in [9.17, 15) is 4.79 Å². The molecule has 2 aromatic rings. The van der Waals surface area contributed by atoms with Gasteiger partial charge >= 0.3 is 0 Å². The molecule has 0 saturated carbocycles. The van der Waals surface area contributed by atoms with Crippen molar-refractivity contribution in [3.63, 3.8) is 0 Å². The summed E-state index contributed by atoms with van der Waals surface area (Å²) < 4.78 is 5.64. The van der Waals surface area contributed by atoms with Gasteiger partial charge in [-0.2, -0.15) is 0 Å². The van der Waals surface area contributed by atoms with Crippen molar-refractivity contribution in [1.82, 2.24) is 14.8 Å². The van der Waals surface area contributed by atoms with E-state index in [1.54, 1.807) is 0 Å². The zero-order chi connectivity index (χ0) is 18.0. The number of benzene rings is 1. The first-order valence-corrected chi connectivity index (χ1v) is 8.70. The zero-order valence-corrected chi connectivity index (χ0v) is 17.6. The molecular formula is C19H28Cl2N4O2. The molecule has 2 heterocycles. The highest BCUT2D eigenvalue weighted by Crippen LogP contribution is 2.17. The molecule has 0 bridgehead atoms. The summed E-state index contributed by atoms with van der Waals surface area (Å²) in [7, 11) is 0. The highest BCUT2D eigenvalue weighted by Gasteiger charge is 2.26. The fourth-order valence-electron chi connectivity index (χ4n) is 3.04. The molecule has 1 unspecified atom stereocenters. The summed E-state index contributed by atoms with van der Waals surface area (Å²) >= 11 is 0. The molecule has 0 radical (unpaired) electrons. The Bertz CT molecular complexity index is 721. The summed E-state index contributed by atoms with van der Waals surface area (Å²) in [5, 5.41) is 0. The minimum Gasteiger partial charge on any atom is -0.444 e. The quantitative estimate of drug-likeness (QED) is 0.831. The van der Waals surface area contributed by atoms with Crippen LogP contribution in [-0.2, 0) is 11.3 Å². The Kier molecular flexibility index (Phi) is 8.75. The highest BCUT2D eigenvalue weighted by atomic mass is 35.5. The monoisotopic (exact) mass is 414 g/mol. The summed E-state index contributed by atoms with van der Waals surface area (Å²) in [5.74, 6) is 1.60. The fourth-order valence-corrected chi connectivity index (χ4v) is 3.04. The van der Waals surface area contributed by atoms with Crippen LogP contribution in [0, 0.1) is 20.8 Å². The Hall–Kier alpha value is -1.60. The van der Waals surface area contributed by atoms with Gasteiger partial charge in [-0.15, -0.1) is 24.8 Å². The molecule has 1 atom stereocenters. The number of hydrogen-bond acceptors (Lipinski definition) is 5. The smallest absolute Gasteiger partial charge is 0.244 e. The standard InChI is InChI=1S/C19H26N4O2.2ClH/c1-13-4-6-16(7-5-13)18(20)19(24)23-10-8-22(9-11-23)12-17-21-14(2)15(3)25-17;;/h4-7,18H,8-12,20H2,1-3H3;2*1H. The second-order valence-corrected chi connectivity index (χ2v) is 6.74. The number of carbonyl (C=O) groups is 1. The second kappa shape index (κ2) is 10.1. The Labute approximate surface area is 172 Å². The Balaban J connectivity index is 0.00000182. The molecule has 1 amide bonds. The predicted molar refractivity (Wildman–Crippen MR) is 110 cm³/mol. The van der Waals surface area contributed by atoms with E-state index >= 15 is 0 Å². The second-order valence-electron chi connectivity index (χ2n) is 6.74. The highest BCUT2D eigenvalue weighted by molar-refractivity contribution is 5.85. The first-order valence-electron chi connectivity index (χ1n) is 8.70. The average molecular weight is 415 g/mol. The van der Waals surface area contributed by atoms with Crippen LogP contribution in [0.1, 0.15) is 34.5 Å². The first kappa shape index (κ1) is 23.4. The Morgan fingerprint density at radius 2 is 1.70 bits per heavy atom. The predicted octanol–water partition coefficient (Wildman–Crippen LogP) is 2.79. The van der Waals surface area contributed by atoms with Gasteiger partial charge in [0, 0.05) is 26.2 Å². The Morgan fingerprint density at radius 1 is 1.11 bits per heavy atom. The van der Waals surface area contributed by atoms with Crippen molar-refractivity contribution in [3.05, 3.63) is 52.7 Å². The van der Waals surface area contributed by atoms with Crippen LogP contribution < -0.4 is 5.73 Å². The molecule has 0 spiro atoms. The van der Waals surface area contributed by atoms with Gasteiger partial charge in [-0.25, -0.2) is 4.98 Å². The number of piperazine rings is 1. The van der Waals surface area contributed by atoms with Crippen LogP contribution in [0.4, 0.5) is 0 Å². The van der Waals surface area contributed by atoms with E-state index < -0.39 is 6.04 Å². The van der Waals surface area contributed by atoms with Crippen molar-refractivity contribution < 1.29 is 9.21 Å². The summed E-state index contributed by atoms with van der Waals surface area (Å²) in [6, 6.07) is 7.24. The van der Waals surface area contributed by atoms with E-state index in [-0.39, 0.29) is 30.7 Å². The molecule has 150 valence electrons. The van der Waals surface area contributed by atoms with Gasteiger partial charge in [-0.05, 0) is 26.3 Å². The van der Waals surface area contributed by atoms with Crippen LogP contribution in [0.3, 0.4) is 0 Å². The van der Waals surface area contributed by atoms with Crippen molar-refractivity contribution in [3.8, 4) is 0 Å². The summed E-state index contributed by atoms with van der Waals surface area (Å²) in [4.78, 5) is 21.2. The summed E-state index contributed by atoms with van der Waals surface area (Å²) in [6.45, 7) is 9.53. The fraction of sp³-hybridized carbons (Fsp3) is 0.474. The zero-order valence-electron chi connectivity index (χ0n) is 16.0. The molecule has 1 fully saturated rings. The van der Waals surface area contributed by atoms with E-state index in [1.165, 1.54) is 0 Å². The van der Waals surface area contributed by atoms with Gasteiger partial charge in [-0.1, -0.05) is 29.8 Å². The molecule has 0 aliphatic carbocycles. The third-order valence-corrected chi connectivity index (χ3v) is 4.82. The molecular weight excluding hydrogens is 387 g/mol. The van der Waals surface area contributed by atoms with Gasteiger partial charge in [0.15, 0.2) is 0 Å². The van der Waals surface area contributed by atoms with Gasteiger partial charge < -0.3 is 15.1 Å². The van der Waals surface area contributed by atoms with Crippen LogP contribution in [0.2, 0.25) is 0 Å². The summed E-state index contributed by atoms with van der Waals surface area (Å²) in [5.41, 5.74) is 9.13. The maximum absolute atomic E-state index is 12.6. The lowest BCUT2D eigenvalue weighted by Gasteiger charge is -2.35. The molecule has 2 N–H and O–H groups in total. The Morgan fingerprint density at radius 3 is 2.22 bits per heavy atom. The number of amides is 1. The first-order chi connectivity index (χ1) is 11.9. The minimum atomic E-state index is -0.593. The molecule has 1 saturated heterocycles. The van der Waals surface area contributed by atoms with Gasteiger partial charge in [0.1, 0.15) is 11.8 Å². The van der Waals surface area contributed by atoms with Gasteiger partial charge in [0.05, 0.1) is 12.2 Å². The lowest BCUT2D eigenvalue weighted by atomic mass is 10.0. The van der Waals surface area contributed by atoms with Gasteiger partial charge in [-0.3, -0.25) is 9.69 Å². The normalized spacial score (nSPS) is 15.6. The number of nitrogens with two attached hydrogens (primary N) is 1. The van der Waals surface area contributed by atoms with E-state index in [2.05, 4.69) is 9.88 Å². The molecule has 3 rings (SSSR count). The van der Waals surface area contributed by atoms with Crippen LogP contribution in [0.15, 0.2) is 28.7 Å². The van der Waals surface area contributed by atoms with Crippen LogP contribution in [-0.4, -0.2) is 46.9 Å². The number of aryl methyl sites for hydroxylation is 3. The minimum absolute atomic E-state index is 0. The maximum atomic E-state index is 12.6. The van der Waals surface area contributed by atoms with Crippen LogP contribution >= 0.6 is 24.8 Å². The van der Waals surface area contributed by atoms with E-state index in [0.717, 1.165) is 41.6 Å². The molecule has 27 heavy (non-hydrogen) atoms. The van der Waals surface area contributed by atoms with Crippen molar-refractivity contribution >= 4 is 30.7 Å². The molecule has 8 heteroatoms. The van der Waals surface area contributed by atoms with Gasteiger partial charge in [0.2, 0.25) is 11.8 Å². The molecule has 6 nitrogen and oxygen atoms in total. The summed E-state index contributed by atoms with van der Waals surface area (Å²) in [6.07, 6.45) is 0. The number of hydrogen-bond donors (Lipinski definition) is 1. The molecule has 1 aromatic heterocycles. The van der Waals surface area contributed by atoms with E-state index in [1.807, 2.05) is 49.9 Å². The number of oxazole rings is 1. The third-order valence-electron chi connectivity index (χ3n) is 4.82. The maximum Gasteiger partial charge on any atom is 0.244 e.